The normalized spacial score (nSPS) is 18.1. The predicted molar refractivity (Wildman–Crippen MR) is 82.3 cm³/mol. The molecule has 0 atom stereocenters. The lowest BCUT2D eigenvalue weighted by Gasteiger charge is -2.35. The van der Waals surface area contributed by atoms with Gasteiger partial charge in [-0.15, -0.1) is 0 Å². The molecule has 0 unspecified atom stereocenters. The summed E-state index contributed by atoms with van der Waals surface area (Å²) in [5.74, 6) is -0.499. The number of hydrogen-bond donors (Lipinski definition) is 1. The molecule has 2 heterocycles. The molecular formula is C17H14N2O3. The number of hydrazine groups is 1. The first-order chi connectivity index (χ1) is 10.4. The van der Waals surface area contributed by atoms with Crippen molar-refractivity contribution in [3.63, 3.8) is 0 Å². The number of hydrogen-bond acceptors (Lipinski definition) is 3. The molecule has 22 heavy (non-hydrogen) atoms. The topological polar surface area (TPSA) is 60.9 Å². The van der Waals surface area contributed by atoms with Gasteiger partial charge in [-0.3, -0.25) is 9.59 Å². The summed E-state index contributed by atoms with van der Waals surface area (Å²) in [5.41, 5.74) is 1.78. The number of amides is 2. The fraction of sp³-hybridized carbons (Fsp3) is 0.176. The summed E-state index contributed by atoms with van der Waals surface area (Å²) < 4.78 is 0. The summed E-state index contributed by atoms with van der Waals surface area (Å²) in [4.78, 5) is 25.5. The van der Waals surface area contributed by atoms with Crippen LogP contribution in [0.4, 0.5) is 11.4 Å². The predicted octanol–water partition coefficient (Wildman–Crippen LogP) is 2.69. The van der Waals surface area contributed by atoms with Crippen LogP contribution in [-0.2, 0) is 9.59 Å². The van der Waals surface area contributed by atoms with E-state index >= 15 is 0 Å². The lowest BCUT2D eigenvalue weighted by Crippen LogP contribution is -2.43. The minimum atomic E-state index is -1.12. The standard InChI is InChI=1S/C17H14N2O3/c1-17(2)15(21)18-13-6-4-3-5-11(13)12-8-7-10(20)9-14(12)19(18)16(17)22/h3-9,20H,1-2H3. The van der Waals surface area contributed by atoms with Gasteiger partial charge in [0.2, 0.25) is 0 Å². The second-order valence-electron chi connectivity index (χ2n) is 6.08. The van der Waals surface area contributed by atoms with Gasteiger partial charge in [0.15, 0.2) is 0 Å². The Morgan fingerprint density at radius 3 is 2.18 bits per heavy atom. The highest BCUT2D eigenvalue weighted by Crippen LogP contribution is 2.49. The second-order valence-corrected chi connectivity index (χ2v) is 6.08. The van der Waals surface area contributed by atoms with Crippen LogP contribution in [0.25, 0.3) is 11.1 Å². The van der Waals surface area contributed by atoms with E-state index in [0.29, 0.717) is 11.4 Å². The van der Waals surface area contributed by atoms with Gasteiger partial charge in [-0.05, 0) is 32.0 Å². The van der Waals surface area contributed by atoms with Crippen molar-refractivity contribution in [2.75, 3.05) is 10.0 Å². The van der Waals surface area contributed by atoms with Crippen LogP contribution in [0.5, 0.6) is 5.75 Å². The number of para-hydroxylation sites is 1. The molecule has 1 N–H and O–H groups in total. The summed E-state index contributed by atoms with van der Waals surface area (Å²) >= 11 is 0. The molecule has 2 aliphatic heterocycles. The van der Waals surface area contributed by atoms with Gasteiger partial charge in [0.05, 0.1) is 11.4 Å². The van der Waals surface area contributed by atoms with Crippen molar-refractivity contribution >= 4 is 23.2 Å². The van der Waals surface area contributed by atoms with Crippen molar-refractivity contribution in [3.8, 4) is 16.9 Å². The van der Waals surface area contributed by atoms with Crippen molar-refractivity contribution in [2.45, 2.75) is 13.8 Å². The second kappa shape index (κ2) is 3.88. The zero-order chi connectivity index (χ0) is 15.6. The maximum absolute atomic E-state index is 12.7. The van der Waals surface area contributed by atoms with Crippen LogP contribution in [0.1, 0.15) is 13.8 Å². The summed E-state index contributed by atoms with van der Waals surface area (Å²) in [6.07, 6.45) is 0. The molecule has 4 rings (SSSR count). The third-order valence-corrected chi connectivity index (χ3v) is 4.29. The largest absolute Gasteiger partial charge is 0.508 e. The summed E-state index contributed by atoms with van der Waals surface area (Å²) in [7, 11) is 0. The van der Waals surface area contributed by atoms with Gasteiger partial charge in [0.1, 0.15) is 11.2 Å². The van der Waals surface area contributed by atoms with E-state index in [-0.39, 0.29) is 17.6 Å². The lowest BCUT2D eigenvalue weighted by molar-refractivity contribution is -0.132. The Kier molecular flexibility index (Phi) is 2.27. The number of phenolic OH excluding ortho intramolecular Hbond substituents is 1. The fourth-order valence-electron chi connectivity index (χ4n) is 3.05. The molecule has 0 aromatic heterocycles. The van der Waals surface area contributed by atoms with Crippen molar-refractivity contribution in [1.29, 1.82) is 0 Å². The summed E-state index contributed by atoms with van der Waals surface area (Å²) in [5, 5.41) is 12.6. The monoisotopic (exact) mass is 294 g/mol. The zero-order valence-corrected chi connectivity index (χ0v) is 12.2. The summed E-state index contributed by atoms with van der Waals surface area (Å²) in [6.45, 7) is 3.25. The van der Waals surface area contributed by atoms with E-state index < -0.39 is 5.41 Å². The first kappa shape index (κ1) is 12.9. The Labute approximate surface area is 127 Å². The van der Waals surface area contributed by atoms with Gasteiger partial charge in [-0.2, -0.15) is 0 Å². The van der Waals surface area contributed by atoms with Crippen molar-refractivity contribution in [2.24, 2.45) is 5.41 Å². The molecule has 0 aliphatic carbocycles. The zero-order valence-electron chi connectivity index (χ0n) is 12.2. The Bertz CT molecular complexity index is 842. The van der Waals surface area contributed by atoms with Crippen LogP contribution in [0, 0.1) is 5.41 Å². The van der Waals surface area contributed by atoms with Crippen LogP contribution in [0.2, 0.25) is 0 Å². The van der Waals surface area contributed by atoms with E-state index in [1.807, 2.05) is 24.3 Å². The molecule has 5 nitrogen and oxygen atoms in total. The fourth-order valence-corrected chi connectivity index (χ4v) is 3.05. The minimum absolute atomic E-state index is 0.0584. The number of nitrogens with zero attached hydrogens (tertiary/aromatic N) is 2. The average Bonchev–Trinajstić information content (AvgIpc) is 2.68. The van der Waals surface area contributed by atoms with Gasteiger partial charge >= 0.3 is 0 Å². The molecule has 1 fully saturated rings. The molecule has 5 heteroatoms. The molecule has 2 aliphatic rings. The average molecular weight is 294 g/mol. The smallest absolute Gasteiger partial charge is 0.261 e. The number of fused-ring (bicyclic) bond motifs is 6. The SMILES string of the molecule is CC1(C)C(=O)N2c3ccccc3-c3ccc(O)cc3N2C1=O. The van der Waals surface area contributed by atoms with E-state index in [2.05, 4.69) is 0 Å². The van der Waals surface area contributed by atoms with Gasteiger partial charge in [0, 0.05) is 17.2 Å². The minimum Gasteiger partial charge on any atom is -0.508 e. The van der Waals surface area contributed by atoms with Gasteiger partial charge in [0.25, 0.3) is 11.8 Å². The molecule has 2 aromatic rings. The number of anilines is 2. The number of carbonyl (C=O) groups is 2. The van der Waals surface area contributed by atoms with Gasteiger partial charge in [-0.1, -0.05) is 18.2 Å². The van der Waals surface area contributed by atoms with Crippen LogP contribution in [-0.4, -0.2) is 16.9 Å². The van der Waals surface area contributed by atoms with E-state index in [9.17, 15) is 14.7 Å². The summed E-state index contributed by atoms with van der Waals surface area (Å²) in [6, 6.07) is 12.3. The highest BCUT2D eigenvalue weighted by Gasteiger charge is 2.55. The molecule has 2 amide bonds. The number of aromatic hydroxyl groups is 1. The quantitative estimate of drug-likeness (QED) is 0.760. The molecule has 0 spiro atoms. The van der Waals surface area contributed by atoms with Crippen LogP contribution >= 0.6 is 0 Å². The maximum Gasteiger partial charge on any atom is 0.261 e. The highest BCUT2D eigenvalue weighted by molar-refractivity contribution is 6.28. The highest BCUT2D eigenvalue weighted by atomic mass is 16.3. The Morgan fingerprint density at radius 1 is 0.864 bits per heavy atom. The van der Waals surface area contributed by atoms with Crippen molar-refractivity contribution in [1.82, 2.24) is 0 Å². The molecule has 2 aromatic carbocycles. The Morgan fingerprint density at radius 2 is 1.45 bits per heavy atom. The molecule has 110 valence electrons. The third kappa shape index (κ3) is 1.38. The van der Waals surface area contributed by atoms with E-state index in [0.717, 1.165) is 11.1 Å². The lowest BCUT2D eigenvalue weighted by atomic mass is 9.93. The number of rotatable bonds is 0. The van der Waals surface area contributed by atoms with Gasteiger partial charge in [-0.25, -0.2) is 10.0 Å². The van der Waals surface area contributed by atoms with E-state index in [1.165, 1.54) is 16.1 Å². The molecule has 0 bridgehead atoms. The first-order valence-electron chi connectivity index (χ1n) is 7.04. The number of carbonyl (C=O) groups excluding carboxylic acids is 2. The van der Waals surface area contributed by atoms with Crippen LogP contribution < -0.4 is 10.0 Å². The Hall–Kier alpha value is -2.82. The van der Waals surface area contributed by atoms with Gasteiger partial charge < -0.3 is 5.11 Å². The molecule has 0 radical (unpaired) electrons. The van der Waals surface area contributed by atoms with E-state index in [1.54, 1.807) is 26.0 Å². The van der Waals surface area contributed by atoms with E-state index in [4.69, 9.17) is 0 Å². The van der Waals surface area contributed by atoms with Crippen LogP contribution in [0.15, 0.2) is 42.5 Å². The number of phenols is 1. The first-order valence-corrected chi connectivity index (χ1v) is 7.04. The third-order valence-electron chi connectivity index (χ3n) is 4.29. The Balaban J connectivity index is 2.09. The number of benzene rings is 2. The molecular weight excluding hydrogens is 280 g/mol. The molecule has 1 saturated heterocycles. The molecule has 0 saturated carbocycles. The maximum atomic E-state index is 12.7. The van der Waals surface area contributed by atoms with Crippen LogP contribution in [0.3, 0.4) is 0 Å². The van der Waals surface area contributed by atoms with Crippen molar-refractivity contribution < 1.29 is 14.7 Å². The van der Waals surface area contributed by atoms with Crippen molar-refractivity contribution in [3.05, 3.63) is 42.5 Å².